The van der Waals surface area contributed by atoms with Crippen molar-refractivity contribution in [1.82, 2.24) is 9.88 Å². The van der Waals surface area contributed by atoms with Crippen molar-refractivity contribution in [1.29, 1.82) is 0 Å². The summed E-state index contributed by atoms with van der Waals surface area (Å²) >= 11 is 0. The van der Waals surface area contributed by atoms with Crippen LogP contribution in [0, 0.1) is 0 Å². The lowest BCUT2D eigenvalue weighted by Gasteiger charge is -2.12. The van der Waals surface area contributed by atoms with E-state index in [2.05, 4.69) is 10.6 Å². The number of rotatable bonds is 4. The maximum absolute atomic E-state index is 11.7. The molecule has 1 aromatic carbocycles. The molecule has 0 spiro atoms. The third-order valence-corrected chi connectivity index (χ3v) is 3.02. The molecule has 2 N–H and O–H groups in total. The molecule has 1 heterocycles. The fraction of sp³-hybridized carbons (Fsp3) is 0.267. The molecule has 0 aliphatic carbocycles. The number of nitrogens with zero attached hydrogens (tertiary/aromatic N) is 1. The van der Waals surface area contributed by atoms with Crippen molar-refractivity contribution in [3.8, 4) is 5.69 Å². The fourth-order valence-electron chi connectivity index (χ4n) is 1.72. The van der Waals surface area contributed by atoms with Gasteiger partial charge in [0.2, 0.25) is 0 Å². The second-order valence-electron chi connectivity index (χ2n) is 4.54. The van der Waals surface area contributed by atoms with Crippen LogP contribution in [-0.2, 0) is 0 Å². The van der Waals surface area contributed by atoms with E-state index in [9.17, 15) is 4.79 Å². The molecule has 0 bridgehead atoms. The molecule has 0 aliphatic rings. The summed E-state index contributed by atoms with van der Waals surface area (Å²) in [6.07, 6.45) is 4.89. The van der Waals surface area contributed by atoms with Gasteiger partial charge >= 0.3 is 6.03 Å². The van der Waals surface area contributed by atoms with Gasteiger partial charge in [-0.05, 0) is 49.7 Å². The Morgan fingerprint density at radius 1 is 1.21 bits per heavy atom. The molecular formula is C15H19N3O. The molecule has 1 atom stereocenters. The summed E-state index contributed by atoms with van der Waals surface area (Å²) in [6, 6.07) is 11.7. The Kier molecular flexibility index (Phi) is 4.23. The van der Waals surface area contributed by atoms with Gasteiger partial charge in [0, 0.05) is 29.8 Å². The zero-order chi connectivity index (χ0) is 13.7. The molecule has 1 aromatic heterocycles. The van der Waals surface area contributed by atoms with Crippen molar-refractivity contribution in [2.75, 3.05) is 5.32 Å². The Labute approximate surface area is 113 Å². The lowest BCUT2D eigenvalue weighted by Crippen LogP contribution is -2.35. The van der Waals surface area contributed by atoms with Crippen LogP contribution in [0.25, 0.3) is 5.69 Å². The molecule has 1 unspecified atom stereocenters. The third-order valence-electron chi connectivity index (χ3n) is 3.02. The summed E-state index contributed by atoms with van der Waals surface area (Å²) in [6.45, 7) is 4.02. The van der Waals surface area contributed by atoms with Crippen LogP contribution in [0.2, 0.25) is 0 Å². The minimum atomic E-state index is -0.164. The Hall–Kier alpha value is -2.23. The fourth-order valence-corrected chi connectivity index (χ4v) is 1.72. The van der Waals surface area contributed by atoms with Gasteiger partial charge in [-0.15, -0.1) is 0 Å². The average molecular weight is 257 g/mol. The highest BCUT2D eigenvalue weighted by molar-refractivity contribution is 5.89. The lowest BCUT2D eigenvalue weighted by atomic mass is 10.2. The minimum absolute atomic E-state index is 0.164. The van der Waals surface area contributed by atoms with E-state index in [4.69, 9.17) is 0 Å². The van der Waals surface area contributed by atoms with Gasteiger partial charge in [-0.25, -0.2) is 4.79 Å². The van der Waals surface area contributed by atoms with Crippen LogP contribution in [0.5, 0.6) is 0 Å². The van der Waals surface area contributed by atoms with Crippen LogP contribution in [0.15, 0.2) is 48.8 Å². The molecule has 4 heteroatoms. The molecule has 2 rings (SSSR count). The number of carbonyl (C=O) groups excluding carboxylic acids is 1. The van der Waals surface area contributed by atoms with Crippen LogP contribution in [0.3, 0.4) is 0 Å². The van der Waals surface area contributed by atoms with Crippen molar-refractivity contribution in [3.63, 3.8) is 0 Å². The summed E-state index contributed by atoms with van der Waals surface area (Å²) in [4.78, 5) is 11.7. The summed E-state index contributed by atoms with van der Waals surface area (Å²) in [5.74, 6) is 0. The van der Waals surface area contributed by atoms with Crippen molar-refractivity contribution < 1.29 is 4.79 Å². The SMILES string of the molecule is CCC(C)NC(=O)Nc1ccc(-n2cccc2)cc1. The smallest absolute Gasteiger partial charge is 0.319 e. The van der Waals surface area contributed by atoms with Crippen molar-refractivity contribution in [3.05, 3.63) is 48.8 Å². The monoisotopic (exact) mass is 257 g/mol. The number of urea groups is 1. The summed E-state index contributed by atoms with van der Waals surface area (Å²) < 4.78 is 2.02. The van der Waals surface area contributed by atoms with Crippen molar-refractivity contribution in [2.24, 2.45) is 0 Å². The molecule has 100 valence electrons. The molecule has 0 radical (unpaired) electrons. The van der Waals surface area contributed by atoms with Crippen LogP contribution < -0.4 is 10.6 Å². The highest BCUT2D eigenvalue weighted by Crippen LogP contribution is 2.13. The topological polar surface area (TPSA) is 46.1 Å². The molecule has 0 saturated carbocycles. The van der Waals surface area contributed by atoms with E-state index >= 15 is 0 Å². The van der Waals surface area contributed by atoms with Gasteiger partial charge in [0.25, 0.3) is 0 Å². The number of hydrogen-bond acceptors (Lipinski definition) is 1. The lowest BCUT2D eigenvalue weighted by molar-refractivity contribution is 0.249. The predicted molar refractivity (Wildman–Crippen MR) is 77.7 cm³/mol. The van der Waals surface area contributed by atoms with E-state index < -0.39 is 0 Å². The Morgan fingerprint density at radius 2 is 1.84 bits per heavy atom. The normalized spacial score (nSPS) is 11.9. The largest absolute Gasteiger partial charge is 0.335 e. The standard InChI is InChI=1S/C15H19N3O/c1-3-12(2)16-15(19)17-13-6-8-14(9-7-13)18-10-4-5-11-18/h4-12H,3H2,1-2H3,(H2,16,17,19). The minimum Gasteiger partial charge on any atom is -0.335 e. The van der Waals surface area contributed by atoms with Crippen LogP contribution in [0.1, 0.15) is 20.3 Å². The molecule has 0 saturated heterocycles. The average Bonchev–Trinajstić information content (AvgIpc) is 2.93. The number of hydrogen-bond donors (Lipinski definition) is 2. The Bertz CT molecular complexity index is 517. The van der Waals surface area contributed by atoms with E-state index in [-0.39, 0.29) is 12.1 Å². The van der Waals surface area contributed by atoms with Gasteiger partial charge in [0.15, 0.2) is 0 Å². The highest BCUT2D eigenvalue weighted by atomic mass is 16.2. The Morgan fingerprint density at radius 3 is 2.42 bits per heavy atom. The quantitative estimate of drug-likeness (QED) is 0.866. The van der Waals surface area contributed by atoms with Gasteiger partial charge in [-0.2, -0.15) is 0 Å². The first kappa shape index (κ1) is 13.2. The van der Waals surface area contributed by atoms with Crippen LogP contribution >= 0.6 is 0 Å². The maximum atomic E-state index is 11.7. The van der Waals surface area contributed by atoms with Crippen molar-refractivity contribution >= 4 is 11.7 Å². The summed E-state index contributed by atoms with van der Waals surface area (Å²) in [5, 5.41) is 5.69. The van der Waals surface area contributed by atoms with E-state index in [0.717, 1.165) is 17.8 Å². The molecule has 2 aromatic rings. The Balaban J connectivity index is 1.97. The zero-order valence-corrected chi connectivity index (χ0v) is 11.3. The number of anilines is 1. The third kappa shape index (κ3) is 3.61. The second kappa shape index (κ2) is 6.09. The molecule has 0 aliphatic heterocycles. The van der Waals surface area contributed by atoms with Gasteiger partial charge < -0.3 is 15.2 Å². The van der Waals surface area contributed by atoms with E-state index in [1.165, 1.54) is 0 Å². The maximum Gasteiger partial charge on any atom is 0.319 e. The number of nitrogens with one attached hydrogen (secondary N) is 2. The van der Waals surface area contributed by atoms with Gasteiger partial charge in [-0.1, -0.05) is 6.92 Å². The van der Waals surface area contributed by atoms with Gasteiger partial charge in [-0.3, -0.25) is 0 Å². The zero-order valence-electron chi connectivity index (χ0n) is 11.3. The predicted octanol–water partition coefficient (Wildman–Crippen LogP) is 3.40. The number of benzene rings is 1. The first-order chi connectivity index (χ1) is 9.19. The van der Waals surface area contributed by atoms with Crippen LogP contribution in [0.4, 0.5) is 10.5 Å². The first-order valence-corrected chi connectivity index (χ1v) is 6.50. The molecule has 0 fully saturated rings. The van der Waals surface area contributed by atoms with Crippen LogP contribution in [-0.4, -0.2) is 16.6 Å². The van der Waals surface area contributed by atoms with E-state index in [1.54, 1.807) is 0 Å². The van der Waals surface area contributed by atoms with E-state index in [1.807, 2.05) is 67.2 Å². The second-order valence-corrected chi connectivity index (χ2v) is 4.54. The number of aromatic nitrogens is 1. The molecule has 2 amide bonds. The molecular weight excluding hydrogens is 238 g/mol. The van der Waals surface area contributed by atoms with Gasteiger partial charge in [0.05, 0.1) is 0 Å². The van der Waals surface area contributed by atoms with Gasteiger partial charge in [0.1, 0.15) is 0 Å². The van der Waals surface area contributed by atoms with E-state index in [0.29, 0.717) is 0 Å². The summed E-state index contributed by atoms with van der Waals surface area (Å²) in [7, 11) is 0. The highest BCUT2D eigenvalue weighted by Gasteiger charge is 2.05. The first-order valence-electron chi connectivity index (χ1n) is 6.50. The molecule has 4 nitrogen and oxygen atoms in total. The molecule has 19 heavy (non-hydrogen) atoms. The van der Waals surface area contributed by atoms with Crippen molar-refractivity contribution in [2.45, 2.75) is 26.3 Å². The number of carbonyl (C=O) groups is 1. The summed E-state index contributed by atoms with van der Waals surface area (Å²) in [5.41, 5.74) is 1.86. The number of amides is 2.